The number of aryl methyl sites for hydroxylation is 1. The Hall–Kier alpha value is -2.95. The average Bonchev–Trinajstić information content (AvgIpc) is 2.94. The molecule has 0 bridgehead atoms. The minimum Gasteiger partial charge on any atom is -0.329 e. The van der Waals surface area contributed by atoms with E-state index in [0.717, 1.165) is 34.2 Å². The first-order valence-corrected chi connectivity index (χ1v) is 9.48. The molecular weight excluding hydrogens is 354 g/mol. The van der Waals surface area contributed by atoms with Gasteiger partial charge in [0.15, 0.2) is 0 Å². The number of hydrogen-bond acceptors (Lipinski definition) is 4. The molecule has 0 aliphatic carbocycles. The number of benzene rings is 2. The van der Waals surface area contributed by atoms with Crippen molar-refractivity contribution in [2.45, 2.75) is 47.5 Å². The highest BCUT2D eigenvalue weighted by molar-refractivity contribution is 6.22. The first-order valence-electron chi connectivity index (χ1n) is 9.48. The highest BCUT2D eigenvalue weighted by Crippen LogP contribution is 2.33. The lowest BCUT2D eigenvalue weighted by atomic mass is 9.90. The van der Waals surface area contributed by atoms with Crippen LogP contribution in [0.2, 0.25) is 0 Å². The van der Waals surface area contributed by atoms with Gasteiger partial charge >= 0.3 is 5.97 Å². The van der Waals surface area contributed by atoms with Crippen molar-refractivity contribution in [2.75, 3.05) is 0 Å². The first-order chi connectivity index (χ1) is 13.2. The molecule has 2 amide bonds. The van der Waals surface area contributed by atoms with E-state index < -0.39 is 23.7 Å². The van der Waals surface area contributed by atoms with Gasteiger partial charge in [-0.15, -0.1) is 0 Å². The summed E-state index contributed by atoms with van der Waals surface area (Å²) in [7, 11) is 0. The molecule has 3 rings (SSSR count). The number of amides is 2. The fraction of sp³-hybridized carbons (Fsp3) is 0.348. The molecule has 1 heterocycles. The van der Waals surface area contributed by atoms with E-state index in [1.807, 2.05) is 58.0 Å². The van der Waals surface area contributed by atoms with Crippen molar-refractivity contribution in [3.05, 3.63) is 69.3 Å². The van der Waals surface area contributed by atoms with Gasteiger partial charge in [-0.05, 0) is 68.4 Å². The van der Waals surface area contributed by atoms with Crippen molar-refractivity contribution in [1.29, 1.82) is 0 Å². The molecule has 28 heavy (non-hydrogen) atoms. The average molecular weight is 379 g/mol. The maximum atomic E-state index is 12.8. The van der Waals surface area contributed by atoms with E-state index in [1.165, 1.54) is 0 Å². The van der Waals surface area contributed by atoms with Gasteiger partial charge < -0.3 is 4.84 Å². The maximum absolute atomic E-state index is 12.8. The quantitative estimate of drug-likeness (QED) is 0.729. The molecule has 146 valence electrons. The predicted molar refractivity (Wildman–Crippen MR) is 106 cm³/mol. The number of fused-ring (bicyclic) bond motifs is 1. The van der Waals surface area contributed by atoms with Gasteiger partial charge in [0.2, 0.25) is 0 Å². The third-order valence-corrected chi connectivity index (χ3v) is 5.78. The van der Waals surface area contributed by atoms with Crippen molar-refractivity contribution in [3.63, 3.8) is 0 Å². The van der Waals surface area contributed by atoms with Crippen molar-refractivity contribution < 1.29 is 19.2 Å². The molecule has 5 heteroatoms. The van der Waals surface area contributed by atoms with E-state index in [1.54, 1.807) is 6.92 Å². The summed E-state index contributed by atoms with van der Waals surface area (Å²) in [5.41, 5.74) is 5.27. The second-order valence-electron chi connectivity index (χ2n) is 7.49. The summed E-state index contributed by atoms with van der Waals surface area (Å²) in [5.74, 6) is -2.14. The summed E-state index contributed by atoms with van der Waals surface area (Å²) >= 11 is 0. The Labute approximate surface area is 165 Å². The number of carbonyl (C=O) groups excluding carboxylic acids is 3. The van der Waals surface area contributed by atoms with Gasteiger partial charge in [-0.3, -0.25) is 9.59 Å². The van der Waals surface area contributed by atoms with Crippen LogP contribution < -0.4 is 0 Å². The van der Waals surface area contributed by atoms with E-state index in [4.69, 9.17) is 4.84 Å². The van der Waals surface area contributed by atoms with E-state index in [0.29, 0.717) is 22.6 Å². The summed E-state index contributed by atoms with van der Waals surface area (Å²) in [6.07, 6.45) is 1.29. The van der Waals surface area contributed by atoms with E-state index in [2.05, 4.69) is 0 Å². The van der Waals surface area contributed by atoms with Crippen molar-refractivity contribution in [1.82, 2.24) is 5.06 Å². The van der Waals surface area contributed by atoms with Crippen LogP contribution in [-0.4, -0.2) is 22.8 Å². The SMILES string of the molecule is Cc1c(C)c(C)c2c(c1C)C(=O)N(OC(=O)C(C)CCc1ccccc1)C2=O. The highest BCUT2D eigenvalue weighted by atomic mass is 16.7. The van der Waals surface area contributed by atoms with Gasteiger partial charge in [0.1, 0.15) is 0 Å². The molecule has 0 saturated heterocycles. The fourth-order valence-electron chi connectivity index (χ4n) is 3.55. The van der Waals surface area contributed by atoms with Gasteiger partial charge in [0.25, 0.3) is 11.8 Å². The van der Waals surface area contributed by atoms with Crippen molar-refractivity contribution in [2.24, 2.45) is 5.92 Å². The second kappa shape index (κ2) is 7.58. The number of rotatable bonds is 5. The number of hydroxylamine groups is 2. The molecule has 5 nitrogen and oxygen atoms in total. The molecule has 0 saturated carbocycles. The van der Waals surface area contributed by atoms with Crippen LogP contribution in [-0.2, 0) is 16.1 Å². The monoisotopic (exact) mass is 379 g/mol. The Balaban J connectivity index is 1.75. The number of imide groups is 1. The van der Waals surface area contributed by atoms with Crippen LogP contribution in [0.3, 0.4) is 0 Å². The van der Waals surface area contributed by atoms with E-state index >= 15 is 0 Å². The van der Waals surface area contributed by atoms with Gasteiger partial charge in [-0.25, -0.2) is 4.79 Å². The van der Waals surface area contributed by atoms with Crippen LogP contribution >= 0.6 is 0 Å². The zero-order valence-corrected chi connectivity index (χ0v) is 17.0. The Bertz CT molecular complexity index is 916. The van der Waals surface area contributed by atoms with Crippen LogP contribution in [0.1, 0.15) is 61.9 Å². The molecular formula is C23H25NO4. The Morgan fingerprint density at radius 2 is 1.39 bits per heavy atom. The molecule has 1 atom stereocenters. The summed E-state index contributed by atoms with van der Waals surface area (Å²) < 4.78 is 0. The molecule has 1 unspecified atom stereocenters. The van der Waals surface area contributed by atoms with Crippen LogP contribution in [0.5, 0.6) is 0 Å². The molecule has 1 aliphatic rings. The molecule has 0 radical (unpaired) electrons. The Morgan fingerprint density at radius 1 is 0.893 bits per heavy atom. The maximum Gasteiger partial charge on any atom is 0.336 e. The lowest BCUT2D eigenvalue weighted by Gasteiger charge is -2.16. The number of carbonyl (C=O) groups is 3. The lowest BCUT2D eigenvalue weighted by Crippen LogP contribution is -2.34. The Morgan fingerprint density at radius 3 is 1.89 bits per heavy atom. The van der Waals surface area contributed by atoms with E-state index in [-0.39, 0.29) is 0 Å². The standard InChI is InChI=1S/C23H25NO4/c1-13(11-12-18-9-7-6-8-10-18)23(27)28-24-21(25)19-16(4)14(2)15(3)17(5)20(19)22(24)26/h6-10,13H,11-12H2,1-5H3. The molecule has 0 aromatic heterocycles. The molecule has 1 aliphatic heterocycles. The van der Waals surface area contributed by atoms with Crippen LogP contribution in [0.4, 0.5) is 0 Å². The summed E-state index contributed by atoms with van der Waals surface area (Å²) in [6, 6.07) is 9.84. The van der Waals surface area contributed by atoms with Crippen molar-refractivity contribution >= 4 is 17.8 Å². The van der Waals surface area contributed by atoms with Gasteiger partial charge in [0, 0.05) is 0 Å². The molecule has 0 N–H and O–H groups in total. The zero-order chi connectivity index (χ0) is 20.6. The largest absolute Gasteiger partial charge is 0.336 e. The number of hydrogen-bond donors (Lipinski definition) is 0. The summed E-state index contributed by atoms with van der Waals surface area (Å²) in [6.45, 7) is 9.24. The summed E-state index contributed by atoms with van der Waals surface area (Å²) in [5, 5.41) is 0.630. The molecule has 0 fully saturated rings. The lowest BCUT2D eigenvalue weighted by molar-refractivity contribution is -0.173. The molecule has 2 aromatic rings. The normalized spacial score (nSPS) is 14.2. The van der Waals surface area contributed by atoms with Gasteiger partial charge in [-0.2, -0.15) is 0 Å². The fourth-order valence-corrected chi connectivity index (χ4v) is 3.55. The van der Waals surface area contributed by atoms with Gasteiger partial charge in [0.05, 0.1) is 17.0 Å². The summed E-state index contributed by atoms with van der Waals surface area (Å²) in [4.78, 5) is 43.4. The third-order valence-electron chi connectivity index (χ3n) is 5.78. The second-order valence-corrected chi connectivity index (χ2v) is 7.49. The molecule has 0 spiro atoms. The van der Waals surface area contributed by atoms with Crippen molar-refractivity contribution in [3.8, 4) is 0 Å². The van der Waals surface area contributed by atoms with Gasteiger partial charge in [-0.1, -0.05) is 42.3 Å². The zero-order valence-electron chi connectivity index (χ0n) is 17.0. The smallest absolute Gasteiger partial charge is 0.329 e. The molecule has 2 aromatic carbocycles. The van der Waals surface area contributed by atoms with Crippen LogP contribution in [0, 0.1) is 33.6 Å². The predicted octanol–water partition coefficient (Wildman–Crippen LogP) is 4.24. The van der Waals surface area contributed by atoms with Crippen LogP contribution in [0.25, 0.3) is 0 Å². The minimum absolute atomic E-state index is 0.343. The topological polar surface area (TPSA) is 63.7 Å². The number of nitrogens with zero attached hydrogens (tertiary/aromatic N) is 1. The van der Waals surface area contributed by atoms with Crippen LogP contribution in [0.15, 0.2) is 30.3 Å². The first kappa shape index (κ1) is 19.8. The van der Waals surface area contributed by atoms with E-state index in [9.17, 15) is 14.4 Å². The minimum atomic E-state index is -0.575. The highest BCUT2D eigenvalue weighted by Gasteiger charge is 2.42. The Kier molecular flexibility index (Phi) is 5.36. The third kappa shape index (κ3) is 3.33.